The topological polar surface area (TPSA) is 27.0 Å². The van der Waals surface area contributed by atoms with Crippen LogP contribution in [0.5, 0.6) is 0 Å². The Kier molecular flexibility index (Phi) is 5.46. The van der Waals surface area contributed by atoms with Crippen LogP contribution in [0.25, 0.3) is 0 Å². The number of halogens is 2. The van der Waals surface area contributed by atoms with Crippen molar-refractivity contribution >= 4 is 38.9 Å². The smallest absolute Gasteiger partial charge is 0.0640 e. The maximum Gasteiger partial charge on any atom is 0.0640 e. The minimum absolute atomic E-state index is 0.435. The van der Waals surface area contributed by atoms with Gasteiger partial charge in [0.2, 0.25) is 0 Å². The van der Waals surface area contributed by atoms with Gasteiger partial charge in [0.05, 0.1) is 12.5 Å². The molecule has 0 saturated carbocycles. The van der Waals surface area contributed by atoms with Crippen molar-refractivity contribution < 1.29 is 0 Å². The van der Waals surface area contributed by atoms with E-state index < -0.39 is 0 Å². The van der Waals surface area contributed by atoms with Crippen LogP contribution in [0, 0.1) is 11.3 Å². The molecule has 0 aliphatic carbocycles. The molecule has 2 aromatic rings. The fourth-order valence-corrected chi connectivity index (χ4v) is 2.71. The second-order valence-corrected chi connectivity index (χ2v) is 5.48. The van der Waals surface area contributed by atoms with Crippen molar-refractivity contribution in [1.82, 2.24) is 0 Å². The molecule has 0 bridgehead atoms. The van der Waals surface area contributed by atoms with E-state index in [9.17, 15) is 0 Å². The molecule has 4 heteroatoms. The Labute approximate surface area is 132 Å². The number of hydrogen-bond acceptors (Lipinski definition) is 2. The summed E-state index contributed by atoms with van der Waals surface area (Å²) in [6, 6.07) is 18.3. The number of para-hydroxylation sites is 1. The summed E-state index contributed by atoms with van der Waals surface area (Å²) in [4.78, 5) is 2.13. The molecule has 0 amide bonds. The van der Waals surface area contributed by atoms with Crippen LogP contribution in [0.15, 0.2) is 53.0 Å². The van der Waals surface area contributed by atoms with Crippen molar-refractivity contribution in [2.24, 2.45) is 0 Å². The van der Waals surface area contributed by atoms with Crippen LogP contribution in [0.3, 0.4) is 0 Å². The molecule has 2 rings (SSSR count). The molecule has 0 aliphatic heterocycles. The molecule has 0 unspecified atom stereocenters. The average molecular weight is 350 g/mol. The van der Waals surface area contributed by atoms with Crippen LogP contribution < -0.4 is 4.90 Å². The highest BCUT2D eigenvalue weighted by molar-refractivity contribution is 9.10. The first kappa shape index (κ1) is 14.9. The zero-order chi connectivity index (χ0) is 14.4. The summed E-state index contributed by atoms with van der Waals surface area (Å²) in [5.41, 5.74) is 3.16. The van der Waals surface area contributed by atoms with E-state index >= 15 is 0 Å². The summed E-state index contributed by atoms with van der Waals surface area (Å²) >= 11 is 9.52. The molecule has 0 saturated heterocycles. The maximum atomic E-state index is 8.87. The molecule has 0 radical (unpaired) electrons. The summed E-state index contributed by atoms with van der Waals surface area (Å²) in [5.74, 6) is 0.435. The van der Waals surface area contributed by atoms with E-state index in [2.05, 4.69) is 26.9 Å². The predicted octanol–water partition coefficient (Wildman–Crippen LogP) is 5.24. The van der Waals surface area contributed by atoms with Gasteiger partial charge in [0, 0.05) is 28.3 Å². The lowest BCUT2D eigenvalue weighted by Crippen LogP contribution is -2.19. The molecule has 2 aromatic carbocycles. The van der Waals surface area contributed by atoms with E-state index in [0.717, 1.165) is 21.4 Å². The molecular weight excluding hydrogens is 336 g/mol. The normalized spacial score (nSPS) is 10.1. The van der Waals surface area contributed by atoms with Gasteiger partial charge in [-0.25, -0.2) is 0 Å². The number of nitriles is 1. The van der Waals surface area contributed by atoms with Gasteiger partial charge in [-0.15, -0.1) is 11.6 Å². The Morgan fingerprint density at radius 3 is 2.55 bits per heavy atom. The fraction of sp³-hybridized carbons (Fsp3) is 0.188. The average Bonchev–Trinajstić information content (AvgIpc) is 2.49. The maximum absolute atomic E-state index is 8.87. The zero-order valence-corrected chi connectivity index (χ0v) is 13.2. The SMILES string of the molecule is N#CCCN(c1ccccc1)c1ccc(Br)cc1CCl. The Bertz CT molecular complexity index is 608. The number of nitrogens with zero attached hydrogens (tertiary/aromatic N) is 2. The van der Waals surface area contributed by atoms with Gasteiger partial charge in [0.1, 0.15) is 0 Å². The highest BCUT2D eigenvalue weighted by atomic mass is 79.9. The Morgan fingerprint density at radius 2 is 1.90 bits per heavy atom. The fourth-order valence-electron chi connectivity index (χ4n) is 2.08. The highest BCUT2D eigenvalue weighted by Gasteiger charge is 2.13. The van der Waals surface area contributed by atoms with E-state index in [1.807, 2.05) is 48.5 Å². The van der Waals surface area contributed by atoms with E-state index in [4.69, 9.17) is 16.9 Å². The standard InChI is InChI=1S/C16H14BrClN2/c17-14-7-8-16(13(11-14)12-18)20(10-4-9-19)15-5-2-1-3-6-15/h1-3,5-8,11H,4,10,12H2. The van der Waals surface area contributed by atoms with E-state index in [1.54, 1.807) is 0 Å². The lowest BCUT2D eigenvalue weighted by molar-refractivity contribution is 0.942. The van der Waals surface area contributed by atoms with E-state index in [1.165, 1.54) is 0 Å². The van der Waals surface area contributed by atoms with Gasteiger partial charge in [-0.05, 0) is 35.9 Å². The Hall–Kier alpha value is -1.50. The third-order valence-corrected chi connectivity index (χ3v) is 3.77. The third kappa shape index (κ3) is 3.53. The molecule has 0 N–H and O–H groups in total. The van der Waals surface area contributed by atoms with Crippen LogP contribution in [-0.2, 0) is 5.88 Å². The van der Waals surface area contributed by atoms with Gasteiger partial charge in [0.15, 0.2) is 0 Å². The third-order valence-electron chi connectivity index (χ3n) is 2.99. The van der Waals surface area contributed by atoms with E-state index in [0.29, 0.717) is 18.8 Å². The van der Waals surface area contributed by atoms with Gasteiger partial charge in [-0.1, -0.05) is 34.1 Å². The van der Waals surface area contributed by atoms with Crippen LogP contribution in [-0.4, -0.2) is 6.54 Å². The quantitative estimate of drug-likeness (QED) is 0.690. The molecule has 20 heavy (non-hydrogen) atoms. The first-order valence-electron chi connectivity index (χ1n) is 6.30. The van der Waals surface area contributed by atoms with Crippen LogP contribution in [0.2, 0.25) is 0 Å². The summed E-state index contributed by atoms with van der Waals surface area (Å²) in [6.45, 7) is 0.645. The second kappa shape index (κ2) is 7.33. The monoisotopic (exact) mass is 348 g/mol. The Balaban J connectivity index is 2.44. The first-order chi connectivity index (χ1) is 9.76. The highest BCUT2D eigenvalue weighted by Crippen LogP contribution is 2.31. The minimum atomic E-state index is 0.435. The number of alkyl halides is 1. The molecule has 0 aliphatic rings. The molecular formula is C16H14BrClN2. The van der Waals surface area contributed by atoms with Crippen molar-refractivity contribution in [1.29, 1.82) is 5.26 Å². The summed E-state index contributed by atoms with van der Waals surface area (Å²) in [6.07, 6.45) is 0.465. The lowest BCUT2D eigenvalue weighted by Gasteiger charge is -2.26. The summed E-state index contributed by atoms with van der Waals surface area (Å²) in [7, 11) is 0. The van der Waals surface area contributed by atoms with Crippen molar-refractivity contribution in [2.45, 2.75) is 12.3 Å². The number of hydrogen-bond donors (Lipinski definition) is 0. The number of anilines is 2. The first-order valence-corrected chi connectivity index (χ1v) is 7.63. The molecule has 0 atom stereocenters. The summed E-state index contributed by atoms with van der Waals surface area (Å²) in [5, 5.41) is 8.87. The largest absolute Gasteiger partial charge is 0.340 e. The lowest BCUT2D eigenvalue weighted by atomic mass is 10.1. The van der Waals surface area contributed by atoms with Crippen molar-refractivity contribution in [2.75, 3.05) is 11.4 Å². The second-order valence-electron chi connectivity index (χ2n) is 4.30. The van der Waals surface area contributed by atoms with Gasteiger partial charge in [-0.2, -0.15) is 5.26 Å². The van der Waals surface area contributed by atoms with Crippen LogP contribution >= 0.6 is 27.5 Å². The molecule has 0 aromatic heterocycles. The molecule has 0 heterocycles. The zero-order valence-electron chi connectivity index (χ0n) is 10.9. The molecule has 102 valence electrons. The van der Waals surface area contributed by atoms with Crippen molar-refractivity contribution in [3.05, 3.63) is 58.6 Å². The van der Waals surface area contributed by atoms with Gasteiger partial charge >= 0.3 is 0 Å². The van der Waals surface area contributed by atoms with Crippen molar-refractivity contribution in [3.63, 3.8) is 0 Å². The van der Waals surface area contributed by atoms with E-state index in [-0.39, 0.29) is 0 Å². The molecule has 2 nitrogen and oxygen atoms in total. The molecule has 0 fully saturated rings. The van der Waals surface area contributed by atoms with Crippen LogP contribution in [0.4, 0.5) is 11.4 Å². The van der Waals surface area contributed by atoms with Gasteiger partial charge < -0.3 is 4.90 Å². The minimum Gasteiger partial charge on any atom is -0.340 e. The van der Waals surface area contributed by atoms with Crippen molar-refractivity contribution in [3.8, 4) is 6.07 Å². The summed E-state index contributed by atoms with van der Waals surface area (Å²) < 4.78 is 1.00. The Morgan fingerprint density at radius 1 is 1.15 bits per heavy atom. The predicted molar refractivity (Wildman–Crippen MR) is 87.4 cm³/mol. The van der Waals surface area contributed by atoms with Crippen LogP contribution in [0.1, 0.15) is 12.0 Å². The van der Waals surface area contributed by atoms with Gasteiger partial charge in [0.25, 0.3) is 0 Å². The molecule has 0 spiro atoms. The number of rotatable bonds is 5. The number of benzene rings is 2. The van der Waals surface area contributed by atoms with Gasteiger partial charge in [-0.3, -0.25) is 0 Å².